The second-order valence-corrected chi connectivity index (χ2v) is 6.15. The number of para-hydroxylation sites is 1. The van der Waals surface area contributed by atoms with Gasteiger partial charge in [-0.1, -0.05) is 35.6 Å². The summed E-state index contributed by atoms with van der Waals surface area (Å²) in [7, 11) is 0. The van der Waals surface area contributed by atoms with Crippen LogP contribution in [0.15, 0.2) is 65.2 Å². The van der Waals surface area contributed by atoms with Gasteiger partial charge in [-0.15, -0.1) is 5.10 Å². The van der Waals surface area contributed by atoms with Crippen molar-refractivity contribution >= 4 is 11.8 Å². The normalized spacial score (nSPS) is 22.5. The first-order valence-corrected chi connectivity index (χ1v) is 7.80. The maximum atomic E-state index is 4.62. The third-order valence-corrected chi connectivity index (χ3v) is 4.54. The van der Waals surface area contributed by atoms with Gasteiger partial charge in [-0.2, -0.15) is 0 Å². The second-order valence-electron chi connectivity index (χ2n) is 6.15. The van der Waals surface area contributed by atoms with E-state index in [-0.39, 0.29) is 5.54 Å². The molecule has 1 aromatic heterocycles. The molecule has 1 aromatic carbocycles. The number of aromatic nitrogens is 3. The van der Waals surface area contributed by atoms with E-state index in [4.69, 9.17) is 0 Å². The molecule has 1 aliphatic carbocycles. The van der Waals surface area contributed by atoms with Gasteiger partial charge in [-0.25, -0.2) is 4.68 Å². The Kier molecular flexibility index (Phi) is 3.11. The van der Waals surface area contributed by atoms with E-state index < -0.39 is 0 Å². The van der Waals surface area contributed by atoms with Crippen molar-refractivity contribution in [3.05, 3.63) is 71.6 Å². The molecule has 0 bridgehead atoms. The number of nitrogens with zero attached hydrogens (tertiary/aromatic N) is 4. The molecule has 0 unspecified atom stereocenters. The lowest BCUT2D eigenvalue weighted by Gasteiger charge is -2.30. The maximum absolute atomic E-state index is 4.62. The average Bonchev–Trinajstić information content (AvgIpc) is 2.96. The number of rotatable bonds is 2. The summed E-state index contributed by atoms with van der Waals surface area (Å²) in [6, 6.07) is 10.1. The average molecular weight is 302 g/mol. The zero-order valence-electron chi connectivity index (χ0n) is 13.3. The standard InChI is InChI=1S/C19H18N4/c1-14-18(21-22-23(14)17-8-4-3-5-9-17)15-10-11-19(2)16(13-15)7-6-12-20-19/h3-10,12-13H,11H2,1-2H3/t19-/m1/s1. The molecule has 0 N–H and O–H groups in total. The van der Waals surface area contributed by atoms with Crippen molar-refractivity contribution in [3.8, 4) is 5.69 Å². The second kappa shape index (κ2) is 5.16. The molecule has 0 spiro atoms. The Balaban J connectivity index is 1.73. The van der Waals surface area contributed by atoms with Crippen molar-refractivity contribution in [1.82, 2.24) is 15.0 Å². The Morgan fingerprint density at radius 1 is 1.17 bits per heavy atom. The topological polar surface area (TPSA) is 43.1 Å². The van der Waals surface area contributed by atoms with E-state index in [0.717, 1.165) is 29.1 Å². The smallest absolute Gasteiger partial charge is 0.116 e. The van der Waals surface area contributed by atoms with Crippen LogP contribution in [0.25, 0.3) is 11.3 Å². The minimum atomic E-state index is -0.137. The highest BCUT2D eigenvalue weighted by Gasteiger charge is 2.30. The fourth-order valence-corrected chi connectivity index (χ4v) is 3.09. The first-order chi connectivity index (χ1) is 11.2. The zero-order valence-corrected chi connectivity index (χ0v) is 13.3. The van der Waals surface area contributed by atoms with E-state index in [1.54, 1.807) is 0 Å². The van der Waals surface area contributed by atoms with Crippen LogP contribution < -0.4 is 0 Å². The first kappa shape index (κ1) is 13.9. The summed E-state index contributed by atoms with van der Waals surface area (Å²) in [4.78, 5) is 4.62. The summed E-state index contributed by atoms with van der Waals surface area (Å²) in [5.41, 5.74) is 5.23. The molecule has 0 saturated carbocycles. The summed E-state index contributed by atoms with van der Waals surface area (Å²) in [5, 5.41) is 8.75. The van der Waals surface area contributed by atoms with Crippen LogP contribution in [-0.4, -0.2) is 26.7 Å². The van der Waals surface area contributed by atoms with Crippen LogP contribution in [0.4, 0.5) is 0 Å². The van der Waals surface area contributed by atoms with E-state index in [1.807, 2.05) is 47.3 Å². The third-order valence-electron chi connectivity index (χ3n) is 4.54. The molecule has 4 rings (SSSR count). The predicted octanol–water partition coefficient (Wildman–Crippen LogP) is 3.69. The van der Waals surface area contributed by atoms with Crippen molar-refractivity contribution in [2.75, 3.05) is 0 Å². The Hall–Kier alpha value is -2.75. The molecule has 114 valence electrons. The van der Waals surface area contributed by atoms with Crippen molar-refractivity contribution in [3.63, 3.8) is 0 Å². The van der Waals surface area contributed by atoms with Crippen LogP contribution in [0, 0.1) is 6.92 Å². The van der Waals surface area contributed by atoms with Crippen molar-refractivity contribution in [2.45, 2.75) is 25.8 Å². The fourth-order valence-electron chi connectivity index (χ4n) is 3.09. The quantitative estimate of drug-likeness (QED) is 0.849. The van der Waals surface area contributed by atoms with E-state index in [1.165, 1.54) is 5.57 Å². The van der Waals surface area contributed by atoms with Gasteiger partial charge in [0, 0.05) is 11.8 Å². The highest BCUT2D eigenvalue weighted by molar-refractivity contribution is 5.81. The largest absolute Gasteiger partial charge is 0.282 e. The lowest BCUT2D eigenvalue weighted by Crippen LogP contribution is -2.27. The van der Waals surface area contributed by atoms with Gasteiger partial charge in [0.1, 0.15) is 5.69 Å². The summed E-state index contributed by atoms with van der Waals surface area (Å²) < 4.78 is 1.89. The molecule has 1 atom stereocenters. The Labute approximate surface area is 135 Å². The van der Waals surface area contributed by atoms with Crippen molar-refractivity contribution in [1.29, 1.82) is 0 Å². The molecule has 0 radical (unpaired) electrons. The summed E-state index contributed by atoms with van der Waals surface area (Å²) in [6.45, 7) is 4.23. The molecule has 2 aliphatic rings. The molecule has 2 heterocycles. The number of hydrogen-bond acceptors (Lipinski definition) is 3. The lowest BCUT2D eigenvalue weighted by molar-refractivity contribution is 0.569. The molecule has 0 saturated heterocycles. The number of aliphatic imine (C=N–C) groups is 1. The highest BCUT2D eigenvalue weighted by Crippen LogP contribution is 2.37. The van der Waals surface area contributed by atoms with Crippen molar-refractivity contribution in [2.24, 2.45) is 4.99 Å². The first-order valence-electron chi connectivity index (χ1n) is 7.80. The molecule has 0 fully saturated rings. The van der Waals surface area contributed by atoms with Gasteiger partial charge in [0.2, 0.25) is 0 Å². The molecule has 0 amide bonds. The maximum Gasteiger partial charge on any atom is 0.116 e. The van der Waals surface area contributed by atoms with E-state index >= 15 is 0 Å². The van der Waals surface area contributed by atoms with Crippen LogP contribution >= 0.6 is 0 Å². The van der Waals surface area contributed by atoms with Gasteiger partial charge in [0.05, 0.1) is 16.9 Å². The zero-order chi connectivity index (χ0) is 15.9. The minimum Gasteiger partial charge on any atom is -0.282 e. The predicted molar refractivity (Wildman–Crippen MR) is 92.8 cm³/mol. The lowest BCUT2D eigenvalue weighted by atomic mass is 9.81. The van der Waals surface area contributed by atoms with Gasteiger partial charge >= 0.3 is 0 Å². The van der Waals surface area contributed by atoms with Crippen LogP contribution in [-0.2, 0) is 0 Å². The van der Waals surface area contributed by atoms with Gasteiger partial charge in [-0.3, -0.25) is 4.99 Å². The fraction of sp³-hybridized carbons (Fsp3) is 0.211. The monoisotopic (exact) mass is 302 g/mol. The number of benzene rings is 1. The number of allylic oxidation sites excluding steroid dienone is 3. The summed E-state index contributed by atoms with van der Waals surface area (Å²) in [6.07, 6.45) is 11.3. The molecular formula is C19H18N4. The van der Waals surface area contributed by atoms with Crippen LogP contribution in [0.5, 0.6) is 0 Å². The minimum absolute atomic E-state index is 0.137. The SMILES string of the molecule is Cc1c(C2=CC[C@@]3(C)N=CC=CC3=C2)nnn1-c1ccccc1. The van der Waals surface area contributed by atoms with E-state index in [2.05, 4.69) is 47.4 Å². The van der Waals surface area contributed by atoms with Crippen LogP contribution in [0.1, 0.15) is 24.7 Å². The number of hydrogen-bond donors (Lipinski definition) is 0. The molecule has 4 nitrogen and oxygen atoms in total. The molecule has 23 heavy (non-hydrogen) atoms. The summed E-state index contributed by atoms with van der Waals surface area (Å²) in [5.74, 6) is 0. The highest BCUT2D eigenvalue weighted by atomic mass is 15.4. The van der Waals surface area contributed by atoms with E-state index in [9.17, 15) is 0 Å². The molecule has 1 aliphatic heterocycles. The van der Waals surface area contributed by atoms with Gasteiger partial charge in [0.25, 0.3) is 0 Å². The Morgan fingerprint density at radius 2 is 2.00 bits per heavy atom. The molecular weight excluding hydrogens is 284 g/mol. The number of dihydropyridines is 1. The number of fused-ring (bicyclic) bond motifs is 1. The Bertz CT molecular complexity index is 868. The molecule has 4 heteroatoms. The summed E-state index contributed by atoms with van der Waals surface area (Å²) >= 11 is 0. The Morgan fingerprint density at radius 3 is 2.83 bits per heavy atom. The van der Waals surface area contributed by atoms with Gasteiger partial charge in [0.15, 0.2) is 0 Å². The van der Waals surface area contributed by atoms with Crippen LogP contribution in [0.3, 0.4) is 0 Å². The van der Waals surface area contributed by atoms with Gasteiger partial charge in [-0.05, 0) is 50.1 Å². The molecule has 2 aromatic rings. The van der Waals surface area contributed by atoms with E-state index in [0.29, 0.717) is 0 Å². The third kappa shape index (κ3) is 2.27. The van der Waals surface area contributed by atoms with Gasteiger partial charge < -0.3 is 0 Å². The van der Waals surface area contributed by atoms with Crippen LogP contribution in [0.2, 0.25) is 0 Å². The van der Waals surface area contributed by atoms with Crippen molar-refractivity contribution < 1.29 is 0 Å².